The van der Waals surface area contributed by atoms with Crippen LogP contribution in [0.25, 0.3) is 11.5 Å². The highest BCUT2D eigenvalue weighted by Crippen LogP contribution is 2.32. The number of benzene rings is 1. The molecule has 0 spiro atoms. The number of nitrogens with one attached hydrogen (secondary N) is 1. The predicted octanol–water partition coefficient (Wildman–Crippen LogP) is 3.85. The fourth-order valence-electron chi connectivity index (χ4n) is 2.81. The second kappa shape index (κ2) is 9.41. The molecule has 0 saturated carbocycles. The molecule has 0 aliphatic rings. The first-order chi connectivity index (χ1) is 14.7. The van der Waals surface area contributed by atoms with E-state index in [2.05, 4.69) is 20.6 Å². The van der Waals surface area contributed by atoms with Gasteiger partial charge in [0, 0.05) is 19.3 Å². The number of ether oxygens (including phenoxy) is 1. The average molecular weight is 454 g/mol. The van der Waals surface area contributed by atoms with Crippen molar-refractivity contribution in [2.75, 3.05) is 17.7 Å². The van der Waals surface area contributed by atoms with Crippen LogP contribution < -0.4 is 10.1 Å². The maximum absolute atomic E-state index is 13.0. The molecule has 2 heterocycles. The van der Waals surface area contributed by atoms with Crippen molar-refractivity contribution in [3.05, 3.63) is 36.0 Å². The maximum Gasteiger partial charge on any atom is 0.435 e. The first kappa shape index (κ1) is 22.7. The van der Waals surface area contributed by atoms with Crippen molar-refractivity contribution in [2.45, 2.75) is 31.7 Å². The van der Waals surface area contributed by atoms with E-state index in [1.54, 1.807) is 28.8 Å². The van der Waals surface area contributed by atoms with Crippen molar-refractivity contribution in [3.8, 4) is 17.3 Å². The number of hydrogen-bond donors (Lipinski definition) is 1. The number of thioether (sulfide) groups is 1. The third-order valence-corrected chi connectivity index (χ3v) is 5.18. The topological polar surface area (TPSA) is 86.9 Å². The van der Waals surface area contributed by atoms with Gasteiger partial charge < -0.3 is 14.6 Å². The number of aryl methyl sites for hydroxylation is 1. The zero-order valence-corrected chi connectivity index (χ0v) is 17.9. The quantitative estimate of drug-likeness (QED) is 0.521. The van der Waals surface area contributed by atoms with Gasteiger partial charge in [0.15, 0.2) is 16.7 Å². The molecule has 0 aliphatic heterocycles. The van der Waals surface area contributed by atoms with E-state index in [-0.39, 0.29) is 23.2 Å². The molecular formula is C19H21F3N6O2S. The maximum atomic E-state index is 13.0. The molecule has 31 heavy (non-hydrogen) atoms. The molecular weight excluding hydrogens is 433 g/mol. The Labute approximate surface area is 180 Å². The van der Waals surface area contributed by atoms with Crippen LogP contribution in [0, 0.1) is 0 Å². The number of halogens is 3. The van der Waals surface area contributed by atoms with E-state index in [0.29, 0.717) is 29.7 Å². The molecule has 1 N–H and O–H groups in total. The van der Waals surface area contributed by atoms with Crippen molar-refractivity contribution in [3.63, 3.8) is 0 Å². The van der Waals surface area contributed by atoms with Gasteiger partial charge in [-0.15, -0.1) is 10.2 Å². The molecule has 0 aliphatic carbocycles. The lowest BCUT2D eigenvalue weighted by atomic mass is 10.3. The number of nitrogens with zero attached hydrogens (tertiary/aromatic N) is 5. The normalized spacial score (nSPS) is 11.5. The number of carbonyl (C=O) groups is 1. The van der Waals surface area contributed by atoms with Gasteiger partial charge in [0.2, 0.25) is 5.91 Å². The molecule has 8 nitrogen and oxygen atoms in total. The standard InChI is InChI=1S/C19H21F3N6O2S/c1-4-28-17(14-10-15(19(20,21)22)26-27(14)3)24-25-18(28)31-11-16(29)23-12-6-8-13(9-7-12)30-5-2/h6-10H,4-5,11H2,1-3H3,(H,23,29). The first-order valence-corrected chi connectivity index (χ1v) is 10.4. The summed E-state index contributed by atoms with van der Waals surface area (Å²) in [5, 5.41) is 14.8. The number of hydrogen-bond acceptors (Lipinski definition) is 6. The van der Waals surface area contributed by atoms with Crippen molar-refractivity contribution >= 4 is 23.4 Å². The number of rotatable bonds is 8. The number of carbonyl (C=O) groups excluding carboxylic acids is 1. The zero-order valence-electron chi connectivity index (χ0n) is 17.1. The summed E-state index contributed by atoms with van der Waals surface area (Å²) in [5.41, 5.74) is -0.187. The van der Waals surface area contributed by atoms with Crippen LogP contribution in [0.2, 0.25) is 0 Å². The third-order valence-electron chi connectivity index (χ3n) is 4.21. The minimum absolute atomic E-state index is 0.0601. The van der Waals surface area contributed by atoms with Crippen LogP contribution in [0.4, 0.5) is 18.9 Å². The highest BCUT2D eigenvalue weighted by molar-refractivity contribution is 7.99. The average Bonchev–Trinajstić information content (AvgIpc) is 3.30. The van der Waals surface area contributed by atoms with E-state index in [1.165, 1.54) is 7.05 Å². The summed E-state index contributed by atoms with van der Waals surface area (Å²) >= 11 is 1.14. The largest absolute Gasteiger partial charge is 0.494 e. The molecule has 12 heteroatoms. The molecule has 1 aromatic carbocycles. The minimum atomic E-state index is -4.55. The van der Waals surface area contributed by atoms with E-state index in [0.717, 1.165) is 22.5 Å². The Morgan fingerprint density at radius 2 is 1.90 bits per heavy atom. The summed E-state index contributed by atoms with van der Waals surface area (Å²) in [6.45, 7) is 4.67. The third kappa shape index (κ3) is 5.37. The van der Waals surface area contributed by atoms with E-state index >= 15 is 0 Å². The number of anilines is 1. The van der Waals surface area contributed by atoms with Gasteiger partial charge in [0.25, 0.3) is 0 Å². The number of amides is 1. The summed E-state index contributed by atoms with van der Waals surface area (Å²) in [6.07, 6.45) is -4.55. The van der Waals surface area contributed by atoms with Crippen molar-refractivity contribution < 1.29 is 22.7 Å². The minimum Gasteiger partial charge on any atom is -0.494 e. The molecule has 3 aromatic rings. The Kier molecular flexibility index (Phi) is 6.88. The second-order valence-electron chi connectivity index (χ2n) is 6.38. The molecule has 2 aromatic heterocycles. The number of aromatic nitrogens is 5. The van der Waals surface area contributed by atoms with Crippen LogP contribution in [-0.4, -0.2) is 42.8 Å². The van der Waals surface area contributed by atoms with Crippen LogP contribution >= 0.6 is 11.8 Å². The summed E-state index contributed by atoms with van der Waals surface area (Å²) in [4.78, 5) is 12.3. The Morgan fingerprint density at radius 3 is 2.48 bits per heavy atom. The van der Waals surface area contributed by atoms with Crippen LogP contribution in [-0.2, 0) is 24.6 Å². The molecule has 0 unspecified atom stereocenters. The van der Waals surface area contributed by atoms with E-state index < -0.39 is 11.9 Å². The van der Waals surface area contributed by atoms with Crippen molar-refractivity contribution in [1.82, 2.24) is 24.5 Å². The van der Waals surface area contributed by atoms with Crippen LogP contribution in [0.1, 0.15) is 19.5 Å². The van der Waals surface area contributed by atoms with Gasteiger partial charge in [-0.25, -0.2) is 0 Å². The monoisotopic (exact) mass is 454 g/mol. The molecule has 0 saturated heterocycles. The van der Waals surface area contributed by atoms with Gasteiger partial charge in [-0.3, -0.25) is 9.48 Å². The van der Waals surface area contributed by atoms with E-state index in [1.807, 2.05) is 13.8 Å². The van der Waals surface area contributed by atoms with Gasteiger partial charge >= 0.3 is 6.18 Å². The Bertz CT molecular complexity index is 1050. The van der Waals surface area contributed by atoms with Crippen LogP contribution in [0.5, 0.6) is 5.75 Å². The molecule has 166 valence electrons. The molecule has 0 fully saturated rings. The molecule has 3 rings (SSSR count). The predicted molar refractivity (Wildman–Crippen MR) is 110 cm³/mol. The first-order valence-electron chi connectivity index (χ1n) is 9.43. The lowest BCUT2D eigenvalue weighted by molar-refractivity contribution is -0.141. The van der Waals surface area contributed by atoms with Gasteiger partial charge in [0.1, 0.15) is 11.4 Å². The van der Waals surface area contributed by atoms with Gasteiger partial charge in [-0.2, -0.15) is 18.3 Å². The lowest BCUT2D eigenvalue weighted by Crippen LogP contribution is -2.14. The van der Waals surface area contributed by atoms with Crippen molar-refractivity contribution in [2.24, 2.45) is 7.05 Å². The Balaban J connectivity index is 1.68. The summed E-state index contributed by atoms with van der Waals surface area (Å²) in [6, 6.07) is 7.93. The van der Waals surface area contributed by atoms with Gasteiger partial charge in [-0.05, 0) is 44.2 Å². The SMILES string of the molecule is CCOc1ccc(NC(=O)CSc2nnc(-c3cc(C(F)(F)F)nn3C)n2CC)cc1. The zero-order chi connectivity index (χ0) is 22.6. The Hall–Kier alpha value is -3.02. The second-order valence-corrected chi connectivity index (χ2v) is 7.32. The molecule has 1 amide bonds. The highest BCUT2D eigenvalue weighted by Gasteiger charge is 2.35. The van der Waals surface area contributed by atoms with Crippen molar-refractivity contribution in [1.29, 1.82) is 0 Å². The fraction of sp³-hybridized carbons (Fsp3) is 0.368. The van der Waals surface area contributed by atoms with Crippen LogP contribution in [0.15, 0.2) is 35.5 Å². The molecule has 0 atom stereocenters. The number of alkyl halides is 3. The lowest BCUT2D eigenvalue weighted by Gasteiger charge is -2.08. The molecule has 0 radical (unpaired) electrons. The van der Waals surface area contributed by atoms with Crippen LogP contribution in [0.3, 0.4) is 0 Å². The summed E-state index contributed by atoms with van der Waals surface area (Å²) < 4.78 is 47.0. The highest BCUT2D eigenvalue weighted by atomic mass is 32.2. The summed E-state index contributed by atoms with van der Waals surface area (Å²) in [7, 11) is 1.41. The van der Waals surface area contributed by atoms with Gasteiger partial charge in [0.05, 0.1) is 12.4 Å². The van der Waals surface area contributed by atoms with E-state index in [9.17, 15) is 18.0 Å². The smallest absolute Gasteiger partial charge is 0.435 e. The fourth-order valence-corrected chi connectivity index (χ4v) is 3.62. The Morgan fingerprint density at radius 1 is 1.19 bits per heavy atom. The van der Waals surface area contributed by atoms with E-state index in [4.69, 9.17) is 4.74 Å². The summed E-state index contributed by atoms with van der Waals surface area (Å²) in [5.74, 6) is 0.774. The van der Waals surface area contributed by atoms with Gasteiger partial charge in [-0.1, -0.05) is 11.8 Å². The molecule has 0 bridgehead atoms.